The summed E-state index contributed by atoms with van der Waals surface area (Å²) in [5.41, 5.74) is 1.22. The van der Waals surface area contributed by atoms with Gasteiger partial charge in [0, 0.05) is 10.2 Å². The Morgan fingerprint density at radius 1 is 1.14 bits per heavy atom. The third-order valence-electron chi connectivity index (χ3n) is 2.84. The molecule has 1 amide bonds. The lowest BCUT2D eigenvalue weighted by molar-refractivity contribution is 0.102. The Labute approximate surface area is 132 Å². The lowest BCUT2D eigenvalue weighted by Gasteiger charge is -2.09. The second-order valence-corrected chi connectivity index (χ2v) is 5.11. The number of halogens is 1. The van der Waals surface area contributed by atoms with E-state index in [2.05, 4.69) is 21.2 Å². The molecule has 2 rings (SSSR count). The number of benzene rings is 2. The van der Waals surface area contributed by atoms with Gasteiger partial charge in [-0.05, 0) is 65.3 Å². The highest BCUT2D eigenvalue weighted by Gasteiger charge is 2.11. The van der Waals surface area contributed by atoms with Crippen molar-refractivity contribution in [2.45, 2.75) is 6.92 Å². The van der Waals surface area contributed by atoms with Crippen LogP contribution in [0.3, 0.4) is 0 Å². The predicted molar refractivity (Wildman–Crippen MR) is 86.3 cm³/mol. The Kier molecular flexibility index (Phi) is 5.22. The van der Waals surface area contributed by atoms with Gasteiger partial charge in [0.1, 0.15) is 11.5 Å². The van der Waals surface area contributed by atoms with Crippen LogP contribution >= 0.6 is 15.9 Å². The van der Waals surface area contributed by atoms with Gasteiger partial charge in [-0.2, -0.15) is 0 Å². The molecule has 2 aromatic rings. The Morgan fingerprint density at radius 3 is 2.43 bits per heavy atom. The average molecular weight is 350 g/mol. The Morgan fingerprint density at radius 2 is 1.81 bits per heavy atom. The van der Waals surface area contributed by atoms with Crippen LogP contribution in [0.25, 0.3) is 0 Å². The van der Waals surface area contributed by atoms with Gasteiger partial charge in [-0.25, -0.2) is 0 Å². The van der Waals surface area contributed by atoms with Crippen molar-refractivity contribution in [3.63, 3.8) is 0 Å². The first-order chi connectivity index (χ1) is 10.1. The Balaban J connectivity index is 2.14. The normalized spacial score (nSPS) is 10.0. The molecule has 0 aliphatic carbocycles. The number of carbonyl (C=O) groups is 1. The molecule has 0 unspecified atom stereocenters. The highest BCUT2D eigenvalue weighted by molar-refractivity contribution is 9.10. The third kappa shape index (κ3) is 3.98. The minimum absolute atomic E-state index is 0.204. The lowest BCUT2D eigenvalue weighted by atomic mass is 10.2. The van der Waals surface area contributed by atoms with Crippen molar-refractivity contribution in [1.82, 2.24) is 0 Å². The molecule has 0 bridgehead atoms. The van der Waals surface area contributed by atoms with Crippen molar-refractivity contribution in [3.05, 3.63) is 52.5 Å². The average Bonchev–Trinajstić information content (AvgIpc) is 2.50. The number of amides is 1. The van der Waals surface area contributed by atoms with E-state index < -0.39 is 0 Å². The second kappa shape index (κ2) is 7.13. The summed E-state index contributed by atoms with van der Waals surface area (Å²) in [6.07, 6.45) is 0. The van der Waals surface area contributed by atoms with Crippen molar-refractivity contribution >= 4 is 27.5 Å². The first kappa shape index (κ1) is 15.4. The molecule has 5 heteroatoms. The fourth-order valence-electron chi connectivity index (χ4n) is 1.80. The highest BCUT2D eigenvalue weighted by Crippen LogP contribution is 2.24. The Hall–Kier alpha value is -2.01. The summed E-state index contributed by atoms with van der Waals surface area (Å²) in [5, 5.41) is 2.84. The number of hydrogen-bond donors (Lipinski definition) is 1. The van der Waals surface area contributed by atoms with Crippen LogP contribution in [0, 0.1) is 0 Å². The van der Waals surface area contributed by atoms with Gasteiger partial charge in [-0.3, -0.25) is 4.79 Å². The molecule has 0 aromatic heterocycles. The first-order valence-electron chi connectivity index (χ1n) is 6.51. The number of hydrogen-bond acceptors (Lipinski definition) is 3. The lowest BCUT2D eigenvalue weighted by Crippen LogP contribution is -2.12. The van der Waals surface area contributed by atoms with Gasteiger partial charge in [0.2, 0.25) is 0 Å². The van der Waals surface area contributed by atoms with E-state index in [1.807, 2.05) is 19.1 Å². The van der Waals surface area contributed by atoms with Crippen LogP contribution in [0.2, 0.25) is 0 Å². The van der Waals surface area contributed by atoms with E-state index in [4.69, 9.17) is 9.47 Å². The SMILES string of the molecule is CCOc1ccc(NC(=O)c2cc(OC)ccc2Br)cc1. The molecule has 0 fully saturated rings. The van der Waals surface area contributed by atoms with Crippen LogP contribution in [0.5, 0.6) is 11.5 Å². The molecular weight excluding hydrogens is 334 g/mol. The van der Waals surface area contributed by atoms with E-state index in [0.29, 0.717) is 28.1 Å². The van der Waals surface area contributed by atoms with Gasteiger partial charge in [-0.15, -0.1) is 0 Å². The minimum atomic E-state index is -0.204. The molecule has 110 valence electrons. The number of methoxy groups -OCH3 is 1. The maximum Gasteiger partial charge on any atom is 0.256 e. The topological polar surface area (TPSA) is 47.6 Å². The van der Waals surface area contributed by atoms with Gasteiger partial charge < -0.3 is 14.8 Å². The number of ether oxygens (including phenoxy) is 2. The second-order valence-electron chi connectivity index (χ2n) is 4.26. The van der Waals surface area contributed by atoms with E-state index in [9.17, 15) is 4.79 Å². The largest absolute Gasteiger partial charge is 0.497 e. The summed E-state index contributed by atoms with van der Waals surface area (Å²) in [6.45, 7) is 2.54. The van der Waals surface area contributed by atoms with E-state index in [-0.39, 0.29) is 5.91 Å². The number of carbonyl (C=O) groups excluding carboxylic acids is 1. The molecule has 2 aromatic carbocycles. The van der Waals surface area contributed by atoms with Gasteiger partial charge in [-0.1, -0.05) is 0 Å². The molecule has 4 nitrogen and oxygen atoms in total. The van der Waals surface area contributed by atoms with E-state index in [1.165, 1.54) is 0 Å². The zero-order chi connectivity index (χ0) is 15.2. The number of nitrogens with one attached hydrogen (secondary N) is 1. The van der Waals surface area contributed by atoms with Crippen molar-refractivity contribution in [2.24, 2.45) is 0 Å². The highest BCUT2D eigenvalue weighted by atomic mass is 79.9. The first-order valence-corrected chi connectivity index (χ1v) is 7.31. The van der Waals surface area contributed by atoms with E-state index >= 15 is 0 Å². The summed E-state index contributed by atoms with van der Waals surface area (Å²) < 4.78 is 11.2. The molecule has 21 heavy (non-hydrogen) atoms. The zero-order valence-corrected chi connectivity index (χ0v) is 13.4. The molecule has 0 saturated heterocycles. The summed E-state index contributed by atoms with van der Waals surface area (Å²) in [7, 11) is 1.57. The van der Waals surface area contributed by atoms with Crippen LogP contribution in [-0.2, 0) is 0 Å². The van der Waals surface area contributed by atoms with Crippen LogP contribution in [-0.4, -0.2) is 19.6 Å². The zero-order valence-electron chi connectivity index (χ0n) is 11.9. The smallest absolute Gasteiger partial charge is 0.256 e. The summed E-state index contributed by atoms with van der Waals surface area (Å²) in [4.78, 5) is 12.3. The minimum Gasteiger partial charge on any atom is -0.497 e. The van der Waals surface area contributed by atoms with E-state index in [1.54, 1.807) is 37.4 Å². The van der Waals surface area contributed by atoms with Crippen molar-refractivity contribution in [2.75, 3.05) is 19.0 Å². The monoisotopic (exact) mass is 349 g/mol. The van der Waals surface area contributed by atoms with Gasteiger partial charge >= 0.3 is 0 Å². The molecule has 1 N–H and O–H groups in total. The molecule has 0 heterocycles. The van der Waals surface area contributed by atoms with Crippen LogP contribution in [0.4, 0.5) is 5.69 Å². The molecule has 0 aliphatic rings. The fraction of sp³-hybridized carbons (Fsp3) is 0.188. The standard InChI is InChI=1S/C16H16BrNO3/c1-3-21-12-6-4-11(5-7-12)18-16(19)14-10-13(20-2)8-9-15(14)17/h4-10H,3H2,1-2H3,(H,18,19). The summed E-state index contributed by atoms with van der Waals surface area (Å²) >= 11 is 3.37. The van der Waals surface area contributed by atoms with Crippen molar-refractivity contribution in [1.29, 1.82) is 0 Å². The maximum absolute atomic E-state index is 12.3. The molecule has 0 saturated carbocycles. The van der Waals surface area contributed by atoms with Crippen LogP contribution in [0.15, 0.2) is 46.9 Å². The van der Waals surface area contributed by atoms with Crippen molar-refractivity contribution in [3.8, 4) is 11.5 Å². The van der Waals surface area contributed by atoms with E-state index in [0.717, 1.165) is 5.75 Å². The Bertz CT molecular complexity index is 626. The number of rotatable bonds is 5. The predicted octanol–water partition coefficient (Wildman–Crippen LogP) is 4.11. The molecular formula is C16H16BrNO3. The quantitative estimate of drug-likeness (QED) is 0.883. The summed E-state index contributed by atoms with van der Waals surface area (Å²) in [5.74, 6) is 1.21. The van der Waals surface area contributed by atoms with Gasteiger partial charge in [0.05, 0.1) is 19.3 Å². The molecule has 0 aliphatic heterocycles. The summed E-state index contributed by atoms with van der Waals surface area (Å²) in [6, 6.07) is 12.5. The fourth-order valence-corrected chi connectivity index (χ4v) is 2.23. The third-order valence-corrected chi connectivity index (χ3v) is 3.53. The van der Waals surface area contributed by atoms with Gasteiger partial charge in [0.15, 0.2) is 0 Å². The van der Waals surface area contributed by atoms with Gasteiger partial charge in [0.25, 0.3) is 5.91 Å². The molecule has 0 spiro atoms. The molecule has 0 radical (unpaired) electrons. The number of anilines is 1. The van der Waals surface area contributed by atoms with Crippen LogP contribution < -0.4 is 14.8 Å². The molecule has 0 atom stereocenters. The van der Waals surface area contributed by atoms with Crippen molar-refractivity contribution < 1.29 is 14.3 Å². The van der Waals surface area contributed by atoms with Crippen LogP contribution in [0.1, 0.15) is 17.3 Å². The maximum atomic E-state index is 12.3.